The third-order valence-corrected chi connectivity index (χ3v) is 11.0. The van der Waals surface area contributed by atoms with E-state index in [1.54, 1.807) is 0 Å². The molecule has 5 aromatic heterocycles. The topological polar surface area (TPSA) is 61.1 Å². The highest BCUT2D eigenvalue weighted by Crippen LogP contribution is 2.41. The molecular weight excluding hydrogens is 665 g/mol. The van der Waals surface area contributed by atoms with Gasteiger partial charge < -0.3 is 14.2 Å². The van der Waals surface area contributed by atoms with E-state index in [1.165, 1.54) is 32.6 Å². The van der Waals surface area contributed by atoms with Crippen LogP contribution in [0.2, 0.25) is 0 Å². The van der Waals surface area contributed by atoms with Gasteiger partial charge in [0.25, 0.3) is 5.78 Å². The van der Waals surface area contributed by atoms with Crippen molar-refractivity contribution in [3.05, 3.63) is 175 Å². The highest BCUT2D eigenvalue weighted by Gasteiger charge is 2.22. The van der Waals surface area contributed by atoms with E-state index in [-0.39, 0.29) is 6.04 Å². The number of nitrogens with one attached hydrogen (secondary N) is 1. The maximum absolute atomic E-state index is 6.31. The average molecular weight is 695 g/mol. The Labute approximate surface area is 308 Å². The Kier molecular flexibility index (Phi) is 6.02. The molecule has 6 heterocycles. The van der Waals surface area contributed by atoms with E-state index < -0.39 is 0 Å². The number of para-hydroxylation sites is 4. The molecule has 0 aliphatic carbocycles. The molecule has 0 bridgehead atoms. The molecule has 1 aliphatic heterocycles. The molecule has 0 fully saturated rings. The summed E-state index contributed by atoms with van der Waals surface area (Å²) in [6.07, 6.45) is 6.51. The maximum atomic E-state index is 6.31. The second-order valence-corrected chi connectivity index (χ2v) is 14.0. The minimum atomic E-state index is -0.0409. The minimum Gasteiger partial charge on any atom is -0.425 e. The summed E-state index contributed by atoms with van der Waals surface area (Å²) in [6, 6.07) is 53.1. The number of dihydropyridines is 1. The quantitative estimate of drug-likeness (QED) is 0.199. The van der Waals surface area contributed by atoms with Gasteiger partial charge in [-0.15, -0.1) is 0 Å². The highest BCUT2D eigenvalue weighted by atomic mass is 16.5. The van der Waals surface area contributed by atoms with Gasteiger partial charge in [-0.1, -0.05) is 97.1 Å². The third kappa shape index (κ3) is 4.19. The van der Waals surface area contributed by atoms with E-state index in [2.05, 4.69) is 178 Å². The molecule has 0 amide bonds. The molecule has 6 aromatic carbocycles. The van der Waals surface area contributed by atoms with E-state index >= 15 is 0 Å². The molecule has 0 spiro atoms. The second-order valence-electron chi connectivity index (χ2n) is 14.0. The molecule has 12 rings (SSSR count). The van der Waals surface area contributed by atoms with Crippen LogP contribution in [0.5, 0.6) is 0 Å². The highest BCUT2D eigenvalue weighted by molar-refractivity contribution is 6.18. The first-order valence-corrected chi connectivity index (χ1v) is 18.3. The van der Waals surface area contributed by atoms with Crippen molar-refractivity contribution in [3.8, 4) is 17.1 Å². The van der Waals surface area contributed by atoms with Crippen LogP contribution in [0.3, 0.4) is 0 Å². The van der Waals surface area contributed by atoms with Crippen molar-refractivity contribution in [1.82, 2.24) is 19.4 Å². The Bertz CT molecular complexity index is 3280. The third-order valence-electron chi connectivity index (χ3n) is 11.0. The Morgan fingerprint density at radius 1 is 0.519 bits per heavy atom. The lowest BCUT2D eigenvalue weighted by molar-refractivity contribution is 0.524. The van der Waals surface area contributed by atoms with Crippen LogP contribution < -0.4 is 5.32 Å². The number of allylic oxidation sites excluding steroid dienone is 2. The van der Waals surface area contributed by atoms with Gasteiger partial charge in [0.05, 0.1) is 39.2 Å². The summed E-state index contributed by atoms with van der Waals surface area (Å²) in [4.78, 5) is 5.23. The van der Waals surface area contributed by atoms with Gasteiger partial charge in [-0.3, -0.25) is 9.13 Å². The number of fused-ring (bicyclic) bond motifs is 11. The normalized spacial score (nSPS) is 14.7. The van der Waals surface area contributed by atoms with Crippen molar-refractivity contribution in [3.63, 3.8) is 0 Å². The minimum absolute atomic E-state index is 0.0409. The fourth-order valence-corrected chi connectivity index (χ4v) is 8.59. The van der Waals surface area contributed by atoms with Crippen molar-refractivity contribution in [2.45, 2.75) is 6.04 Å². The summed E-state index contributed by atoms with van der Waals surface area (Å²) >= 11 is 0. The van der Waals surface area contributed by atoms with Crippen LogP contribution in [0.25, 0.3) is 99.6 Å². The molecule has 1 aliphatic rings. The first-order chi connectivity index (χ1) is 26.8. The van der Waals surface area contributed by atoms with Crippen molar-refractivity contribution in [1.29, 1.82) is 0 Å². The Morgan fingerprint density at radius 3 is 1.74 bits per heavy atom. The van der Waals surface area contributed by atoms with Crippen molar-refractivity contribution >= 4 is 82.5 Å². The fourth-order valence-electron chi connectivity index (χ4n) is 8.59. The summed E-state index contributed by atoms with van der Waals surface area (Å²) < 4.78 is 17.2. The molecule has 11 aromatic rings. The van der Waals surface area contributed by atoms with Crippen molar-refractivity contribution in [2.24, 2.45) is 0 Å². The summed E-state index contributed by atoms with van der Waals surface area (Å²) in [5, 5.41) is 11.7. The summed E-state index contributed by atoms with van der Waals surface area (Å²) in [5.74, 6) is 2.44. The van der Waals surface area contributed by atoms with Gasteiger partial charge in [0.2, 0.25) is 0 Å². The molecule has 0 saturated carbocycles. The van der Waals surface area contributed by atoms with Crippen LogP contribution in [-0.2, 0) is 0 Å². The lowest BCUT2D eigenvalue weighted by Gasteiger charge is -2.24. The number of rotatable bonds is 4. The molecule has 54 heavy (non-hydrogen) atoms. The first kappa shape index (κ1) is 29.3. The van der Waals surface area contributed by atoms with Crippen LogP contribution >= 0.6 is 0 Å². The lowest BCUT2D eigenvalue weighted by atomic mass is 10.0. The van der Waals surface area contributed by atoms with Crippen LogP contribution in [0.15, 0.2) is 179 Å². The summed E-state index contributed by atoms with van der Waals surface area (Å²) in [5.41, 5.74) is 9.24. The van der Waals surface area contributed by atoms with Gasteiger partial charge in [-0.25, -0.2) is 4.98 Å². The van der Waals surface area contributed by atoms with E-state index in [0.717, 1.165) is 66.8 Å². The van der Waals surface area contributed by atoms with Gasteiger partial charge in [0.1, 0.15) is 22.8 Å². The van der Waals surface area contributed by atoms with E-state index in [9.17, 15) is 0 Å². The van der Waals surface area contributed by atoms with Crippen LogP contribution in [0, 0.1) is 0 Å². The van der Waals surface area contributed by atoms with E-state index in [1.807, 2.05) is 6.07 Å². The molecule has 1 unspecified atom stereocenters. The van der Waals surface area contributed by atoms with Crippen LogP contribution in [-0.4, -0.2) is 14.1 Å². The number of aromatic nitrogens is 3. The van der Waals surface area contributed by atoms with Gasteiger partial charge in [0, 0.05) is 37.9 Å². The number of hydrogen-bond acceptors (Lipinski definition) is 4. The molecule has 0 radical (unpaired) electrons. The molecule has 254 valence electrons. The Balaban J connectivity index is 0.946. The smallest absolute Gasteiger partial charge is 0.299 e. The van der Waals surface area contributed by atoms with Gasteiger partial charge in [0.15, 0.2) is 0 Å². The standard InChI is InChI=1S/C48H30N4O2/c1-5-17-39-31(11-1)32-12-2-6-18-40(32)51(39)45-21-9-15-37(49-45)29-23-25-43-35(27-29)47-36-28-30(24-26-44(36)54-48(47)53-43)38-16-10-22-46(50-38)52-41-19-7-3-13-33(41)34-14-4-8-20-42(34)52/h1-28,37,49H. The largest absolute Gasteiger partial charge is 0.425 e. The zero-order chi connectivity index (χ0) is 35.3. The van der Waals surface area contributed by atoms with Gasteiger partial charge in [-0.2, -0.15) is 0 Å². The number of furan rings is 2. The first-order valence-electron chi connectivity index (χ1n) is 18.3. The maximum Gasteiger partial charge on any atom is 0.299 e. The predicted octanol–water partition coefficient (Wildman–Crippen LogP) is 12.3. The Hall–Kier alpha value is -7.31. The molecule has 6 heteroatoms. The monoisotopic (exact) mass is 694 g/mol. The molecule has 6 nitrogen and oxygen atoms in total. The molecule has 1 atom stereocenters. The van der Waals surface area contributed by atoms with Crippen molar-refractivity contribution < 1.29 is 8.83 Å². The summed E-state index contributed by atoms with van der Waals surface area (Å²) in [6.45, 7) is 0. The number of pyridine rings is 1. The van der Waals surface area contributed by atoms with E-state index in [0.29, 0.717) is 5.78 Å². The SMILES string of the molecule is C1=CC(c2ccc3oc4oc5ccc(-c6cccc(-n7c8ccccc8c8ccccc87)n6)cc5c4c3c2)NC(n2c3ccccc3c3ccccc32)=C1. The fraction of sp³-hybridized carbons (Fsp3) is 0.0208. The van der Waals surface area contributed by atoms with Crippen LogP contribution in [0.4, 0.5) is 0 Å². The zero-order valence-electron chi connectivity index (χ0n) is 28.9. The van der Waals surface area contributed by atoms with Crippen LogP contribution in [0.1, 0.15) is 11.6 Å². The summed E-state index contributed by atoms with van der Waals surface area (Å²) in [7, 11) is 0. The number of benzene rings is 6. The van der Waals surface area contributed by atoms with Gasteiger partial charge >= 0.3 is 0 Å². The second kappa shape index (κ2) is 11.1. The predicted molar refractivity (Wildman–Crippen MR) is 220 cm³/mol. The molecule has 0 saturated heterocycles. The number of nitrogens with zero attached hydrogens (tertiary/aromatic N) is 3. The average Bonchev–Trinajstić information content (AvgIpc) is 3.97. The zero-order valence-corrected chi connectivity index (χ0v) is 28.9. The van der Waals surface area contributed by atoms with Gasteiger partial charge in [-0.05, 0) is 78.4 Å². The Morgan fingerprint density at radius 2 is 1.09 bits per heavy atom. The van der Waals surface area contributed by atoms with Crippen molar-refractivity contribution in [2.75, 3.05) is 0 Å². The molecule has 1 N–H and O–H groups in total. The van der Waals surface area contributed by atoms with E-state index in [4.69, 9.17) is 13.8 Å². The number of hydrogen-bond donors (Lipinski definition) is 1. The lowest BCUT2D eigenvalue weighted by Crippen LogP contribution is -2.23. The molecular formula is C48H30N4O2.